The molecule has 0 amide bonds. The van der Waals surface area contributed by atoms with E-state index >= 15 is 0 Å². The number of pyridine rings is 2. The number of anilines is 3. The van der Waals surface area contributed by atoms with Crippen LogP contribution >= 0.6 is 0 Å². The van der Waals surface area contributed by atoms with Gasteiger partial charge in [-0.2, -0.15) is 5.10 Å². The van der Waals surface area contributed by atoms with Crippen molar-refractivity contribution in [1.82, 2.24) is 20.2 Å². The van der Waals surface area contributed by atoms with Gasteiger partial charge >= 0.3 is 0 Å². The van der Waals surface area contributed by atoms with Gasteiger partial charge in [0.05, 0.1) is 11.2 Å². The number of rotatable bonds is 5. The molecule has 6 nitrogen and oxygen atoms in total. The van der Waals surface area contributed by atoms with Gasteiger partial charge in [-0.15, -0.1) is 0 Å². The second kappa shape index (κ2) is 7.31. The fourth-order valence-corrected chi connectivity index (χ4v) is 3.55. The molecule has 0 aliphatic rings. The number of benzene rings is 1. The molecule has 4 rings (SSSR count). The van der Waals surface area contributed by atoms with E-state index in [9.17, 15) is 0 Å². The number of hydrogen-bond donors (Lipinski definition) is 1. The molecule has 142 valence electrons. The van der Waals surface area contributed by atoms with Crippen LogP contribution in [0.5, 0.6) is 0 Å². The van der Waals surface area contributed by atoms with Crippen molar-refractivity contribution in [2.75, 3.05) is 30.4 Å². The molecule has 4 aromatic rings. The number of nitrogens with zero attached hydrogens (tertiary/aromatic N) is 5. The fourth-order valence-electron chi connectivity index (χ4n) is 3.55. The van der Waals surface area contributed by atoms with Gasteiger partial charge in [0.25, 0.3) is 0 Å². The molecule has 0 aliphatic carbocycles. The quantitative estimate of drug-likeness (QED) is 0.557. The van der Waals surface area contributed by atoms with Crippen LogP contribution in [0.1, 0.15) is 12.5 Å². The number of fused-ring (bicyclic) bond motifs is 1. The van der Waals surface area contributed by atoms with Crippen LogP contribution < -0.4 is 9.80 Å². The molecule has 1 aromatic carbocycles. The Morgan fingerprint density at radius 2 is 1.93 bits per heavy atom. The standard InChI is InChI=1S/C22H24N6/c1-5-28(21-10-12-24-26-21)22-17-7-6-11-23-19(17)14-18(25-22)16-8-9-20(27(3)4)15(2)13-16/h6-14H,5H2,1-4H3,(H,24,26). The van der Waals surface area contributed by atoms with Crippen molar-refractivity contribution < 1.29 is 0 Å². The molecule has 28 heavy (non-hydrogen) atoms. The summed E-state index contributed by atoms with van der Waals surface area (Å²) in [6.07, 6.45) is 3.65. The van der Waals surface area contributed by atoms with E-state index in [1.807, 2.05) is 24.5 Å². The van der Waals surface area contributed by atoms with Crippen LogP contribution in [-0.4, -0.2) is 40.8 Å². The Hall–Kier alpha value is -3.41. The summed E-state index contributed by atoms with van der Waals surface area (Å²) in [6, 6.07) is 14.5. The molecule has 1 N–H and O–H groups in total. The Balaban J connectivity index is 1.90. The minimum Gasteiger partial charge on any atom is -0.377 e. The Morgan fingerprint density at radius 3 is 2.61 bits per heavy atom. The minimum absolute atomic E-state index is 0.754. The predicted octanol–water partition coefficient (Wildman–Crippen LogP) is 4.55. The van der Waals surface area contributed by atoms with Crippen LogP contribution in [0.4, 0.5) is 17.3 Å². The molecule has 0 aliphatic heterocycles. The lowest BCUT2D eigenvalue weighted by Crippen LogP contribution is -2.18. The lowest BCUT2D eigenvalue weighted by molar-refractivity contribution is 0.949. The van der Waals surface area contributed by atoms with E-state index in [4.69, 9.17) is 4.98 Å². The summed E-state index contributed by atoms with van der Waals surface area (Å²) in [6.45, 7) is 4.98. The van der Waals surface area contributed by atoms with Crippen molar-refractivity contribution >= 4 is 28.2 Å². The highest BCUT2D eigenvalue weighted by Gasteiger charge is 2.17. The molecular weight excluding hydrogens is 348 g/mol. The van der Waals surface area contributed by atoms with E-state index in [1.165, 1.54) is 11.3 Å². The van der Waals surface area contributed by atoms with Crippen LogP contribution in [0.3, 0.4) is 0 Å². The summed E-state index contributed by atoms with van der Waals surface area (Å²) in [5.74, 6) is 1.71. The molecule has 0 bridgehead atoms. The lowest BCUT2D eigenvalue weighted by Gasteiger charge is -2.22. The first kappa shape index (κ1) is 18.0. The molecule has 0 saturated heterocycles. The topological polar surface area (TPSA) is 60.9 Å². The summed E-state index contributed by atoms with van der Waals surface area (Å²) in [4.78, 5) is 13.8. The van der Waals surface area contributed by atoms with Crippen molar-refractivity contribution in [3.8, 4) is 11.3 Å². The van der Waals surface area contributed by atoms with Crippen LogP contribution in [0.15, 0.2) is 54.9 Å². The van der Waals surface area contributed by atoms with Crippen molar-refractivity contribution in [2.45, 2.75) is 13.8 Å². The Bertz CT molecular complexity index is 1100. The number of nitrogens with one attached hydrogen (secondary N) is 1. The zero-order valence-electron chi connectivity index (χ0n) is 16.6. The predicted molar refractivity (Wildman–Crippen MR) is 115 cm³/mol. The Labute approximate surface area is 164 Å². The molecule has 0 fully saturated rings. The molecule has 0 saturated carbocycles. The highest BCUT2D eigenvalue weighted by Crippen LogP contribution is 2.33. The number of aromatic amines is 1. The van der Waals surface area contributed by atoms with Gasteiger partial charge in [0.2, 0.25) is 0 Å². The Kier molecular flexibility index (Phi) is 4.69. The van der Waals surface area contributed by atoms with Crippen LogP contribution in [-0.2, 0) is 0 Å². The van der Waals surface area contributed by atoms with Gasteiger partial charge in [-0.3, -0.25) is 10.1 Å². The van der Waals surface area contributed by atoms with Gasteiger partial charge in [0.15, 0.2) is 5.82 Å². The largest absolute Gasteiger partial charge is 0.377 e. The first-order valence-electron chi connectivity index (χ1n) is 9.40. The second-order valence-electron chi connectivity index (χ2n) is 6.97. The van der Waals surface area contributed by atoms with Gasteiger partial charge in [-0.05, 0) is 49.7 Å². The monoisotopic (exact) mass is 372 g/mol. The van der Waals surface area contributed by atoms with Gasteiger partial charge in [-0.1, -0.05) is 6.07 Å². The molecular formula is C22H24N6. The van der Waals surface area contributed by atoms with Gasteiger partial charge in [0, 0.05) is 55.7 Å². The summed E-state index contributed by atoms with van der Waals surface area (Å²) >= 11 is 0. The number of aryl methyl sites for hydroxylation is 1. The van der Waals surface area contributed by atoms with E-state index < -0.39 is 0 Å². The maximum atomic E-state index is 5.03. The summed E-state index contributed by atoms with van der Waals surface area (Å²) in [5.41, 5.74) is 5.32. The first-order valence-corrected chi connectivity index (χ1v) is 9.40. The van der Waals surface area contributed by atoms with E-state index in [2.05, 4.69) is 83.3 Å². The molecule has 0 spiro atoms. The molecule has 0 unspecified atom stereocenters. The third kappa shape index (κ3) is 3.17. The van der Waals surface area contributed by atoms with E-state index in [0.717, 1.165) is 40.3 Å². The second-order valence-corrected chi connectivity index (χ2v) is 6.97. The number of aromatic nitrogens is 4. The summed E-state index contributed by atoms with van der Waals surface area (Å²) in [5, 5.41) is 8.26. The first-order chi connectivity index (χ1) is 13.6. The van der Waals surface area contributed by atoms with Crippen molar-refractivity contribution in [3.05, 3.63) is 60.4 Å². The average Bonchev–Trinajstić information content (AvgIpc) is 3.22. The maximum absolute atomic E-state index is 5.03. The van der Waals surface area contributed by atoms with Crippen LogP contribution in [0.2, 0.25) is 0 Å². The minimum atomic E-state index is 0.754. The number of hydrogen-bond acceptors (Lipinski definition) is 5. The maximum Gasteiger partial charge on any atom is 0.155 e. The number of H-pyrrole nitrogens is 1. The van der Waals surface area contributed by atoms with Gasteiger partial charge < -0.3 is 9.80 Å². The smallest absolute Gasteiger partial charge is 0.155 e. The van der Waals surface area contributed by atoms with Crippen molar-refractivity contribution in [2.24, 2.45) is 0 Å². The molecule has 3 aromatic heterocycles. The SMILES string of the molecule is CCN(c1cc[nH]n1)c1nc(-c2ccc(N(C)C)c(C)c2)cc2ncccc12. The van der Waals surface area contributed by atoms with Crippen LogP contribution in [0.25, 0.3) is 22.2 Å². The highest BCUT2D eigenvalue weighted by atomic mass is 15.3. The summed E-state index contributed by atoms with van der Waals surface area (Å²) < 4.78 is 0. The summed E-state index contributed by atoms with van der Waals surface area (Å²) in [7, 11) is 4.11. The van der Waals surface area contributed by atoms with Crippen molar-refractivity contribution in [3.63, 3.8) is 0 Å². The van der Waals surface area contributed by atoms with E-state index in [0.29, 0.717) is 0 Å². The lowest BCUT2D eigenvalue weighted by atomic mass is 10.0. The van der Waals surface area contributed by atoms with E-state index in [1.54, 1.807) is 0 Å². The highest BCUT2D eigenvalue weighted by molar-refractivity contribution is 5.94. The molecule has 3 heterocycles. The zero-order chi connectivity index (χ0) is 19.7. The van der Waals surface area contributed by atoms with Crippen LogP contribution in [0, 0.1) is 6.92 Å². The Morgan fingerprint density at radius 1 is 1.07 bits per heavy atom. The van der Waals surface area contributed by atoms with Crippen molar-refractivity contribution in [1.29, 1.82) is 0 Å². The molecule has 6 heteroatoms. The third-order valence-corrected chi connectivity index (χ3v) is 4.89. The van der Waals surface area contributed by atoms with Gasteiger partial charge in [0.1, 0.15) is 5.82 Å². The fraction of sp³-hybridized carbons (Fsp3) is 0.227. The zero-order valence-corrected chi connectivity index (χ0v) is 16.6. The molecule has 0 radical (unpaired) electrons. The average molecular weight is 372 g/mol. The third-order valence-electron chi connectivity index (χ3n) is 4.89. The van der Waals surface area contributed by atoms with E-state index in [-0.39, 0.29) is 0 Å². The normalized spacial score (nSPS) is 11.0. The van der Waals surface area contributed by atoms with Gasteiger partial charge in [-0.25, -0.2) is 4.98 Å². The molecule has 0 atom stereocenters.